The molecule has 2 aliphatic carbocycles. The lowest BCUT2D eigenvalue weighted by Crippen LogP contribution is -2.51. The van der Waals surface area contributed by atoms with Gasteiger partial charge in [0.2, 0.25) is 5.91 Å². The van der Waals surface area contributed by atoms with Gasteiger partial charge in [-0.1, -0.05) is 36.8 Å². The Hall–Kier alpha value is -1.00. The van der Waals surface area contributed by atoms with Gasteiger partial charge in [-0.05, 0) is 56.3 Å². The van der Waals surface area contributed by atoms with E-state index in [0.717, 1.165) is 12.8 Å². The van der Waals surface area contributed by atoms with Gasteiger partial charge in [0.15, 0.2) is 0 Å². The number of benzene rings is 1. The number of carbonyl (C=O) groups excluding carboxylic acids is 1. The first-order chi connectivity index (χ1) is 11.5. The monoisotopic (exact) mass is 347 g/mol. The lowest BCUT2D eigenvalue weighted by atomic mass is 9.68. The van der Waals surface area contributed by atoms with E-state index in [0.29, 0.717) is 24.1 Å². The normalized spacial score (nSPS) is 31.0. The van der Waals surface area contributed by atoms with Gasteiger partial charge in [-0.15, -0.1) is 0 Å². The number of nitrogens with one attached hydrogen (secondary N) is 1. The van der Waals surface area contributed by atoms with E-state index in [1.54, 1.807) is 18.7 Å². The largest absolute Gasteiger partial charge is 0.387 e. The predicted octanol–water partition coefficient (Wildman–Crippen LogP) is 3.27. The molecule has 4 unspecified atom stereocenters. The molecule has 4 atom stereocenters. The van der Waals surface area contributed by atoms with Gasteiger partial charge in [-0.2, -0.15) is 11.8 Å². The maximum absolute atomic E-state index is 13.2. The van der Waals surface area contributed by atoms with Crippen molar-refractivity contribution in [2.45, 2.75) is 44.6 Å². The number of rotatable bonds is 7. The maximum Gasteiger partial charge on any atom is 0.226 e. The molecule has 1 aromatic carbocycles. The molecular formula is C20H29NO2S. The quantitative estimate of drug-likeness (QED) is 0.796. The molecule has 132 valence electrons. The number of amides is 1. The summed E-state index contributed by atoms with van der Waals surface area (Å²) in [4.78, 5) is 13.2. The summed E-state index contributed by atoms with van der Waals surface area (Å²) in [6.45, 7) is 2.13. The number of aliphatic hydroxyl groups is 1. The van der Waals surface area contributed by atoms with Crippen LogP contribution < -0.4 is 5.32 Å². The van der Waals surface area contributed by atoms with Crippen LogP contribution in [0.15, 0.2) is 30.3 Å². The summed E-state index contributed by atoms with van der Waals surface area (Å²) in [6, 6.07) is 10.4. The molecule has 1 amide bonds. The first-order valence-electron chi connectivity index (χ1n) is 8.99. The zero-order chi connectivity index (χ0) is 17.2. The van der Waals surface area contributed by atoms with E-state index in [1.165, 1.54) is 24.8 Å². The number of hydrogen-bond acceptors (Lipinski definition) is 3. The number of fused-ring (bicyclic) bond motifs is 2. The van der Waals surface area contributed by atoms with Crippen LogP contribution in [0.3, 0.4) is 0 Å². The summed E-state index contributed by atoms with van der Waals surface area (Å²) < 4.78 is 0. The van der Waals surface area contributed by atoms with E-state index in [9.17, 15) is 9.90 Å². The van der Waals surface area contributed by atoms with Crippen LogP contribution in [0.4, 0.5) is 0 Å². The minimum atomic E-state index is -0.847. The highest BCUT2D eigenvalue weighted by Gasteiger charge is 2.55. The van der Waals surface area contributed by atoms with Gasteiger partial charge < -0.3 is 10.4 Å². The average Bonchev–Trinajstić information content (AvgIpc) is 3.15. The molecule has 0 aromatic heterocycles. The Morgan fingerprint density at radius 3 is 2.71 bits per heavy atom. The fourth-order valence-corrected chi connectivity index (χ4v) is 5.51. The summed E-state index contributed by atoms with van der Waals surface area (Å²) in [7, 11) is 0. The van der Waals surface area contributed by atoms with Crippen LogP contribution >= 0.6 is 11.8 Å². The molecule has 2 saturated carbocycles. The summed E-state index contributed by atoms with van der Waals surface area (Å²) in [5.74, 6) is 1.98. The summed E-state index contributed by atoms with van der Waals surface area (Å²) in [5.41, 5.74) is 0.122. The third-order valence-electron chi connectivity index (χ3n) is 5.88. The van der Waals surface area contributed by atoms with E-state index in [4.69, 9.17) is 0 Å². The van der Waals surface area contributed by atoms with Crippen LogP contribution in [0.1, 0.15) is 38.2 Å². The van der Waals surface area contributed by atoms with Crippen LogP contribution in [0, 0.1) is 17.3 Å². The molecule has 24 heavy (non-hydrogen) atoms. The van der Waals surface area contributed by atoms with E-state index in [2.05, 4.69) is 29.6 Å². The zero-order valence-corrected chi connectivity index (χ0v) is 15.6. The van der Waals surface area contributed by atoms with Crippen molar-refractivity contribution in [2.75, 3.05) is 18.6 Å². The second-order valence-electron chi connectivity index (χ2n) is 8.01. The number of thioether (sulfide) groups is 1. The molecule has 0 spiro atoms. The third kappa shape index (κ3) is 3.65. The molecule has 2 bridgehead atoms. The highest BCUT2D eigenvalue weighted by molar-refractivity contribution is 7.98. The van der Waals surface area contributed by atoms with Crippen molar-refractivity contribution >= 4 is 17.7 Å². The van der Waals surface area contributed by atoms with Crippen molar-refractivity contribution in [1.29, 1.82) is 0 Å². The fraction of sp³-hybridized carbons (Fsp3) is 0.650. The minimum Gasteiger partial charge on any atom is -0.387 e. The van der Waals surface area contributed by atoms with Crippen molar-refractivity contribution in [3.8, 4) is 0 Å². The van der Waals surface area contributed by atoms with Gasteiger partial charge in [0.1, 0.15) is 0 Å². The third-order valence-corrected chi connectivity index (χ3v) is 6.79. The van der Waals surface area contributed by atoms with Crippen LogP contribution in [0.25, 0.3) is 0 Å². The van der Waals surface area contributed by atoms with Crippen LogP contribution in [0.5, 0.6) is 0 Å². The van der Waals surface area contributed by atoms with Gasteiger partial charge in [-0.25, -0.2) is 0 Å². The molecule has 1 aromatic rings. The average molecular weight is 348 g/mol. The van der Waals surface area contributed by atoms with Crippen molar-refractivity contribution in [3.05, 3.63) is 35.9 Å². The summed E-state index contributed by atoms with van der Waals surface area (Å²) in [5, 5.41) is 13.5. The second-order valence-corrected chi connectivity index (χ2v) is 8.88. The molecule has 2 N–H and O–H groups in total. The summed E-state index contributed by atoms with van der Waals surface area (Å²) in [6.07, 6.45) is 7.45. The highest BCUT2D eigenvalue weighted by atomic mass is 32.2. The molecule has 3 rings (SSSR count). The van der Waals surface area contributed by atoms with Gasteiger partial charge in [-0.3, -0.25) is 4.79 Å². The van der Waals surface area contributed by atoms with Crippen molar-refractivity contribution < 1.29 is 9.90 Å². The van der Waals surface area contributed by atoms with Crippen LogP contribution in [0.2, 0.25) is 0 Å². The van der Waals surface area contributed by atoms with E-state index in [-0.39, 0.29) is 11.3 Å². The van der Waals surface area contributed by atoms with Crippen LogP contribution in [-0.2, 0) is 11.2 Å². The minimum absolute atomic E-state index is 0.153. The Kier molecular flexibility index (Phi) is 5.26. The van der Waals surface area contributed by atoms with Gasteiger partial charge in [0.05, 0.1) is 11.0 Å². The topological polar surface area (TPSA) is 49.3 Å². The molecule has 2 aliphatic rings. The van der Waals surface area contributed by atoms with Gasteiger partial charge in [0.25, 0.3) is 0 Å². The smallest absolute Gasteiger partial charge is 0.226 e. The van der Waals surface area contributed by atoms with E-state index < -0.39 is 5.60 Å². The first kappa shape index (κ1) is 17.8. The second kappa shape index (κ2) is 7.09. The SMILES string of the molecule is CSCC(C)(O)CNC(=O)C1(Cc2ccccc2)CC2CCC1C2. The molecule has 4 heteroatoms. The van der Waals surface area contributed by atoms with Crippen molar-refractivity contribution in [3.63, 3.8) is 0 Å². The predicted molar refractivity (Wildman–Crippen MR) is 100 cm³/mol. The Balaban J connectivity index is 1.75. The standard InChI is InChI=1S/C20H29NO2S/c1-19(23,14-24-2)13-21-18(22)20(11-15-6-4-3-5-7-15)12-16-8-9-17(20)10-16/h3-7,16-17,23H,8-14H2,1-2H3,(H,21,22). The molecule has 0 heterocycles. The summed E-state index contributed by atoms with van der Waals surface area (Å²) >= 11 is 1.61. The Morgan fingerprint density at radius 2 is 2.12 bits per heavy atom. The van der Waals surface area contributed by atoms with Gasteiger partial charge in [0, 0.05) is 12.3 Å². The molecule has 0 radical (unpaired) electrons. The maximum atomic E-state index is 13.2. The molecular weight excluding hydrogens is 318 g/mol. The number of hydrogen-bond donors (Lipinski definition) is 2. The Morgan fingerprint density at radius 1 is 1.38 bits per heavy atom. The highest BCUT2D eigenvalue weighted by Crippen LogP contribution is 2.57. The fourth-order valence-electron chi connectivity index (χ4n) is 4.79. The number of carbonyl (C=O) groups is 1. The van der Waals surface area contributed by atoms with E-state index in [1.807, 2.05) is 12.3 Å². The van der Waals surface area contributed by atoms with Crippen molar-refractivity contribution in [1.82, 2.24) is 5.32 Å². The van der Waals surface area contributed by atoms with Gasteiger partial charge >= 0.3 is 0 Å². The molecule has 0 saturated heterocycles. The molecule has 2 fully saturated rings. The lowest BCUT2D eigenvalue weighted by Gasteiger charge is -2.37. The first-order valence-corrected chi connectivity index (χ1v) is 10.4. The van der Waals surface area contributed by atoms with Crippen LogP contribution in [-0.4, -0.2) is 35.2 Å². The Bertz CT molecular complexity index is 574. The molecule has 3 nitrogen and oxygen atoms in total. The zero-order valence-electron chi connectivity index (χ0n) is 14.8. The Labute approximate surface area is 149 Å². The lowest BCUT2D eigenvalue weighted by molar-refractivity contribution is -0.135. The molecule has 0 aliphatic heterocycles. The van der Waals surface area contributed by atoms with E-state index >= 15 is 0 Å². The van der Waals surface area contributed by atoms with Crippen molar-refractivity contribution in [2.24, 2.45) is 17.3 Å².